The first-order chi connectivity index (χ1) is 5.27. The molecule has 0 amide bonds. The molecule has 0 spiro atoms. The standard InChI is InChI=1S/C9H8FO/c1-6-5-7-8(10)3-2-4-9(7)11-6/h2-4,6H,1,5H2. The second kappa shape index (κ2) is 2.22. The van der Waals surface area contributed by atoms with E-state index in [1.165, 1.54) is 6.07 Å². The largest absolute Gasteiger partial charge is 0.490 e. The van der Waals surface area contributed by atoms with Crippen LogP contribution in [0.2, 0.25) is 0 Å². The molecule has 0 aromatic heterocycles. The van der Waals surface area contributed by atoms with Crippen LogP contribution in [0.4, 0.5) is 4.39 Å². The van der Waals surface area contributed by atoms with Crippen LogP contribution in [0.5, 0.6) is 5.75 Å². The molecule has 0 fully saturated rings. The fourth-order valence-electron chi connectivity index (χ4n) is 1.30. The lowest BCUT2D eigenvalue weighted by Gasteiger charge is -2.00. The summed E-state index contributed by atoms with van der Waals surface area (Å²) in [6.07, 6.45) is 0.462. The normalized spacial score (nSPS) is 21.1. The molecule has 0 N–H and O–H groups in total. The monoisotopic (exact) mass is 151 g/mol. The predicted octanol–water partition coefficient (Wildman–Crippen LogP) is 1.96. The Morgan fingerprint density at radius 1 is 1.55 bits per heavy atom. The van der Waals surface area contributed by atoms with Gasteiger partial charge in [0, 0.05) is 12.0 Å². The van der Waals surface area contributed by atoms with Crippen molar-refractivity contribution in [1.82, 2.24) is 0 Å². The Labute approximate surface area is 64.8 Å². The van der Waals surface area contributed by atoms with E-state index in [2.05, 4.69) is 6.92 Å². The molecule has 1 atom stereocenters. The number of hydrogen-bond donors (Lipinski definition) is 0. The van der Waals surface area contributed by atoms with Gasteiger partial charge in [-0.05, 0) is 19.1 Å². The van der Waals surface area contributed by atoms with Crippen LogP contribution < -0.4 is 4.74 Å². The Morgan fingerprint density at radius 2 is 2.36 bits per heavy atom. The van der Waals surface area contributed by atoms with E-state index in [0.29, 0.717) is 17.7 Å². The van der Waals surface area contributed by atoms with E-state index in [4.69, 9.17) is 4.74 Å². The summed E-state index contributed by atoms with van der Waals surface area (Å²) < 4.78 is 18.2. The average Bonchev–Trinajstić information content (AvgIpc) is 2.31. The topological polar surface area (TPSA) is 9.23 Å². The molecule has 1 nitrogen and oxygen atoms in total. The van der Waals surface area contributed by atoms with Gasteiger partial charge in [-0.3, -0.25) is 0 Å². The smallest absolute Gasteiger partial charge is 0.130 e. The molecule has 2 heteroatoms. The first kappa shape index (κ1) is 6.65. The minimum Gasteiger partial charge on any atom is -0.490 e. The van der Waals surface area contributed by atoms with E-state index in [0.717, 1.165) is 0 Å². The van der Waals surface area contributed by atoms with E-state index in [1.54, 1.807) is 12.1 Å². The Bertz CT molecular complexity index is 283. The number of fused-ring (bicyclic) bond motifs is 1. The van der Waals surface area contributed by atoms with Gasteiger partial charge in [0.05, 0.1) is 0 Å². The number of ether oxygens (including phenoxy) is 1. The molecule has 0 aliphatic carbocycles. The van der Waals surface area contributed by atoms with Crippen LogP contribution >= 0.6 is 0 Å². The van der Waals surface area contributed by atoms with Crippen molar-refractivity contribution in [3.8, 4) is 5.75 Å². The third-order valence-corrected chi connectivity index (χ3v) is 1.80. The van der Waals surface area contributed by atoms with Gasteiger partial charge in [-0.15, -0.1) is 0 Å². The molecule has 0 saturated heterocycles. The van der Waals surface area contributed by atoms with Crippen LogP contribution in [0.1, 0.15) is 5.56 Å². The van der Waals surface area contributed by atoms with Crippen molar-refractivity contribution in [2.75, 3.05) is 0 Å². The summed E-state index contributed by atoms with van der Waals surface area (Å²) in [5.41, 5.74) is 0.660. The van der Waals surface area contributed by atoms with Crippen LogP contribution in [-0.2, 0) is 6.42 Å². The highest BCUT2D eigenvalue weighted by Gasteiger charge is 2.21. The fourth-order valence-corrected chi connectivity index (χ4v) is 1.30. The van der Waals surface area contributed by atoms with E-state index < -0.39 is 0 Å². The maximum absolute atomic E-state index is 13.0. The summed E-state index contributed by atoms with van der Waals surface area (Å²) in [6.45, 7) is 3.70. The Morgan fingerprint density at radius 3 is 3.09 bits per heavy atom. The van der Waals surface area contributed by atoms with Gasteiger partial charge in [-0.1, -0.05) is 6.07 Å². The van der Waals surface area contributed by atoms with Crippen molar-refractivity contribution < 1.29 is 9.13 Å². The number of hydrogen-bond acceptors (Lipinski definition) is 1. The molecule has 0 saturated carbocycles. The van der Waals surface area contributed by atoms with E-state index >= 15 is 0 Å². The van der Waals surface area contributed by atoms with Crippen molar-refractivity contribution in [2.45, 2.75) is 12.5 Å². The summed E-state index contributed by atoms with van der Waals surface area (Å²) in [4.78, 5) is 0. The summed E-state index contributed by atoms with van der Waals surface area (Å²) in [7, 11) is 0. The van der Waals surface area contributed by atoms with Crippen LogP contribution in [0.3, 0.4) is 0 Å². The first-order valence-corrected chi connectivity index (χ1v) is 3.54. The Balaban J connectivity index is 2.49. The van der Waals surface area contributed by atoms with Gasteiger partial charge in [0.2, 0.25) is 0 Å². The zero-order valence-corrected chi connectivity index (χ0v) is 6.01. The lowest BCUT2D eigenvalue weighted by molar-refractivity contribution is 0.281. The van der Waals surface area contributed by atoms with Gasteiger partial charge in [-0.2, -0.15) is 0 Å². The molecular weight excluding hydrogens is 143 g/mol. The predicted molar refractivity (Wildman–Crippen MR) is 39.9 cm³/mol. The van der Waals surface area contributed by atoms with Crippen molar-refractivity contribution in [3.63, 3.8) is 0 Å². The van der Waals surface area contributed by atoms with Gasteiger partial charge in [0.25, 0.3) is 0 Å². The Hall–Kier alpha value is -1.05. The zero-order chi connectivity index (χ0) is 7.84. The molecule has 57 valence electrons. The highest BCUT2D eigenvalue weighted by molar-refractivity contribution is 5.38. The minimum atomic E-state index is -0.186. The van der Waals surface area contributed by atoms with Crippen LogP contribution in [0.15, 0.2) is 18.2 Å². The molecule has 1 unspecified atom stereocenters. The molecule has 1 aromatic rings. The lowest BCUT2D eigenvalue weighted by Crippen LogP contribution is -2.06. The molecule has 1 aliphatic rings. The number of halogens is 1. The van der Waals surface area contributed by atoms with Crippen molar-refractivity contribution in [3.05, 3.63) is 36.5 Å². The molecule has 0 bridgehead atoms. The Kier molecular flexibility index (Phi) is 1.34. The van der Waals surface area contributed by atoms with Crippen molar-refractivity contribution in [2.24, 2.45) is 0 Å². The first-order valence-electron chi connectivity index (χ1n) is 3.54. The highest BCUT2D eigenvalue weighted by atomic mass is 19.1. The molecule has 2 rings (SSSR count). The third kappa shape index (κ3) is 0.985. The van der Waals surface area contributed by atoms with Gasteiger partial charge in [0.1, 0.15) is 17.7 Å². The van der Waals surface area contributed by atoms with E-state index in [-0.39, 0.29) is 11.9 Å². The van der Waals surface area contributed by atoms with Crippen LogP contribution in [-0.4, -0.2) is 6.10 Å². The average molecular weight is 151 g/mol. The molecule has 11 heavy (non-hydrogen) atoms. The van der Waals surface area contributed by atoms with Gasteiger partial charge in [-0.25, -0.2) is 4.39 Å². The second-order valence-corrected chi connectivity index (χ2v) is 2.66. The molecule has 1 radical (unpaired) electrons. The van der Waals surface area contributed by atoms with E-state index in [1.807, 2.05) is 0 Å². The molecule has 1 aliphatic heterocycles. The van der Waals surface area contributed by atoms with Gasteiger partial charge in [0.15, 0.2) is 0 Å². The summed E-state index contributed by atoms with van der Waals surface area (Å²) in [5, 5.41) is 0. The van der Waals surface area contributed by atoms with Crippen molar-refractivity contribution in [1.29, 1.82) is 0 Å². The molecule has 1 aromatic carbocycles. The highest BCUT2D eigenvalue weighted by Crippen LogP contribution is 2.29. The minimum absolute atomic E-state index is 0.123. The summed E-state index contributed by atoms with van der Waals surface area (Å²) >= 11 is 0. The maximum Gasteiger partial charge on any atom is 0.130 e. The zero-order valence-electron chi connectivity index (χ0n) is 6.01. The summed E-state index contributed by atoms with van der Waals surface area (Å²) in [5.74, 6) is 0.457. The summed E-state index contributed by atoms with van der Waals surface area (Å²) in [6, 6.07) is 4.86. The van der Waals surface area contributed by atoms with Crippen LogP contribution in [0, 0.1) is 12.7 Å². The SMILES string of the molecule is [CH2]C1Cc2c(F)cccc2O1. The van der Waals surface area contributed by atoms with Gasteiger partial charge < -0.3 is 4.74 Å². The fraction of sp³-hybridized carbons (Fsp3) is 0.222. The van der Waals surface area contributed by atoms with Gasteiger partial charge >= 0.3 is 0 Å². The van der Waals surface area contributed by atoms with Crippen molar-refractivity contribution >= 4 is 0 Å². The number of benzene rings is 1. The lowest BCUT2D eigenvalue weighted by atomic mass is 10.1. The molecule has 1 heterocycles. The van der Waals surface area contributed by atoms with Crippen LogP contribution in [0.25, 0.3) is 0 Å². The second-order valence-electron chi connectivity index (χ2n) is 2.66. The number of rotatable bonds is 0. The van der Waals surface area contributed by atoms with E-state index in [9.17, 15) is 4.39 Å². The quantitative estimate of drug-likeness (QED) is 0.550. The third-order valence-electron chi connectivity index (χ3n) is 1.80. The maximum atomic E-state index is 13.0. The molecular formula is C9H8FO.